The molecular formula is C12H14F2O10S2. The Bertz CT molecular complexity index is 836. The van der Waals surface area contributed by atoms with Crippen LogP contribution in [0, 0.1) is 17.8 Å². The van der Waals surface area contributed by atoms with E-state index in [1.165, 1.54) is 0 Å². The summed E-state index contributed by atoms with van der Waals surface area (Å²) in [5.41, 5.74) is 0. The zero-order valence-corrected chi connectivity index (χ0v) is 14.5. The number of hydrogen-bond donors (Lipinski definition) is 1. The van der Waals surface area contributed by atoms with E-state index in [0.717, 1.165) is 0 Å². The first kappa shape index (κ1) is 19.4. The molecule has 3 rings (SSSR count). The molecule has 3 aliphatic rings. The summed E-state index contributed by atoms with van der Waals surface area (Å²) < 4.78 is 92.0. The van der Waals surface area contributed by atoms with Crippen LogP contribution in [0.3, 0.4) is 0 Å². The maximum absolute atomic E-state index is 12.9. The van der Waals surface area contributed by atoms with Crippen molar-refractivity contribution < 1.29 is 53.4 Å². The normalized spacial score (nSPS) is 34.7. The first-order valence-corrected chi connectivity index (χ1v) is 10.3. The molecule has 0 amide bonds. The highest BCUT2D eigenvalue weighted by molar-refractivity contribution is 7.87. The van der Waals surface area contributed by atoms with Crippen molar-refractivity contribution in [2.45, 2.75) is 29.5 Å². The highest BCUT2D eigenvalue weighted by Gasteiger charge is 2.66. The van der Waals surface area contributed by atoms with Crippen LogP contribution in [-0.4, -0.2) is 63.1 Å². The predicted octanol–water partition coefficient (Wildman–Crippen LogP) is -0.693. The Kier molecular flexibility index (Phi) is 4.53. The van der Waals surface area contributed by atoms with Gasteiger partial charge in [0.2, 0.25) is 0 Å². The van der Waals surface area contributed by atoms with Gasteiger partial charge in [-0.15, -0.1) is 0 Å². The van der Waals surface area contributed by atoms with E-state index in [1.54, 1.807) is 0 Å². The van der Waals surface area contributed by atoms with Crippen LogP contribution in [0.5, 0.6) is 0 Å². The molecule has 14 heteroatoms. The smallest absolute Gasteiger partial charge is 0.402 e. The van der Waals surface area contributed by atoms with Crippen LogP contribution in [-0.2, 0) is 43.5 Å². The average Bonchev–Trinajstić information content (AvgIpc) is 3.11. The number of carbonyl (C=O) groups is 2. The number of rotatable bonds is 6. The lowest BCUT2D eigenvalue weighted by Gasteiger charge is -2.22. The molecule has 0 spiro atoms. The Morgan fingerprint density at radius 2 is 1.88 bits per heavy atom. The van der Waals surface area contributed by atoms with Crippen LogP contribution < -0.4 is 0 Å². The quantitative estimate of drug-likeness (QED) is 0.332. The lowest BCUT2D eigenvalue weighted by atomic mass is 9.86. The second kappa shape index (κ2) is 6.07. The summed E-state index contributed by atoms with van der Waals surface area (Å²) in [5, 5.41) is -5.34. The number of halogens is 2. The van der Waals surface area contributed by atoms with E-state index >= 15 is 0 Å². The second-order valence-electron chi connectivity index (χ2n) is 6.39. The van der Waals surface area contributed by atoms with Crippen molar-refractivity contribution in [2.75, 3.05) is 13.2 Å². The monoisotopic (exact) mass is 420 g/mol. The molecule has 2 saturated carbocycles. The highest BCUT2D eigenvalue weighted by Crippen LogP contribution is 2.57. The van der Waals surface area contributed by atoms with Crippen molar-refractivity contribution in [3.63, 3.8) is 0 Å². The first-order chi connectivity index (χ1) is 11.8. The molecule has 0 aromatic rings. The van der Waals surface area contributed by atoms with Gasteiger partial charge in [-0.1, -0.05) is 0 Å². The van der Waals surface area contributed by atoms with E-state index in [2.05, 4.69) is 9.47 Å². The number of ether oxygens (including phenoxy) is 2. The van der Waals surface area contributed by atoms with Crippen LogP contribution in [0.25, 0.3) is 0 Å². The Hall–Kier alpha value is -1.38. The molecule has 0 aromatic heterocycles. The van der Waals surface area contributed by atoms with Gasteiger partial charge in [-0.25, -0.2) is 4.79 Å². The molecule has 2 bridgehead atoms. The molecule has 1 aliphatic heterocycles. The third kappa shape index (κ3) is 3.18. The maximum Gasteiger partial charge on any atom is 0.402 e. The minimum atomic E-state index is -5.76. The van der Waals surface area contributed by atoms with Crippen LogP contribution >= 0.6 is 0 Å². The van der Waals surface area contributed by atoms with Crippen LogP contribution in [0.15, 0.2) is 0 Å². The summed E-state index contributed by atoms with van der Waals surface area (Å²) >= 11 is 0. The van der Waals surface area contributed by atoms with Crippen LogP contribution in [0.2, 0.25) is 0 Å². The lowest BCUT2D eigenvalue weighted by molar-refractivity contribution is -0.166. The molecule has 0 aromatic carbocycles. The molecule has 3 fully saturated rings. The Labute approximate surface area is 146 Å². The molecule has 2 aliphatic carbocycles. The van der Waals surface area contributed by atoms with Gasteiger partial charge in [-0.3, -0.25) is 13.5 Å². The summed E-state index contributed by atoms with van der Waals surface area (Å²) in [6, 6.07) is 0. The lowest BCUT2D eigenvalue weighted by Crippen LogP contribution is -2.37. The molecule has 1 N–H and O–H groups in total. The van der Waals surface area contributed by atoms with Crippen LogP contribution in [0.4, 0.5) is 8.78 Å². The van der Waals surface area contributed by atoms with E-state index in [0.29, 0.717) is 6.42 Å². The van der Waals surface area contributed by atoms with Gasteiger partial charge in [-0.2, -0.15) is 25.6 Å². The van der Waals surface area contributed by atoms with Gasteiger partial charge in [0.1, 0.15) is 0 Å². The fourth-order valence-electron chi connectivity index (χ4n) is 3.77. The topological polar surface area (TPSA) is 150 Å². The SMILES string of the molecule is O=C(COC(=O)C1C2CC3C1OS(=O)(=O)C3C2)OCC(F)(F)S(=O)(=O)O. The molecule has 26 heavy (non-hydrogen) atoms. The minimum Gasteiger partial charge on any atom is -0.455 e. The summed E-state index contributed by atoms with van der Waals surface area (Å²) in [6.45, 7) is -3.01. The zero-order chi connectivity index (χ0) is 19.5. The van der Waals surface area contributed by atoms with Gasteiger partial charge in [-0.05, 0) is 18.8 Å². The summed E-state index contributed by atoms with van der Waals surface area (Å²) in [4.78, 5) is 23.4. The van der Waals surface area contributed by atoms with E-state index in [9.17, 15) is 35.2 Å². The van der Waals surface area contributed by atoms with Gasteiger partial charge in [0.05, 0.1) is 17.3 Å². The van der Waals surface area contributed by atoms with Crippen molar-refractivity contribution >= 4 is 32.2 Å². The zero-order valence-electron chi connectivity index (χ0n) is 12.9. The summed E-state index contributed by atoms with van der Waals surface area (Å²) in [5.74, 6) is -3.86. The van der Waals surface area contributed by atoms with E-state index in [1.807, 2.05) is 0 Å². The van der Waals surface area contributed by atoms with Crippen LogP contribution in [0.1, 0.15) is 12.8 Å². The number of fused-ring (bicyclic) bond motifs is 1. The molecule has 1 heterocycles. The first-order valence-electron chi connectivity index (χ1n) is 7.43. The minimum absolute atomic E-state index is 0.244. The highest BCUT2D eigenvalue weighted by atomic mass is 32.2. The third-order valence-corrected chi connectivity index (χ3v) is 7.52. The van der Waals surface area contributed by atoms with Gasteiger partial charge < -0.3 is 9.47 Å². The fraction of sp³-hybridized carbons (Fsp3) is 0.833. The van der Waals surface area contributed by atoms with E-state index in [4.69, 9.17) is 8.74 Å². The Morgan fingerprint density at radius 1 is 1.23 bits per heavy atom. The molecule has 5 atom stereocenters. The number of carbonyl (C=O) groups excluding carboxylic acids is 2. The largest absolute Gasteiger partial charge is 0.455 e. The number of esters is 2. The van der Waals surface area contributed by atoms with Crippen molar-refractivity contribution in [1.82, 2.24) is 0 Å². The molecule has 148 valence electrons. The second-order valence-corrected chi connectivity index (χ2v) is 9.72. The maximum atomic E-state index is 12.9. The Morgan fingerprint density at radius 3 is 2.50 bits per heavy atom. The average molecular weight is 420 g/mol. The Balaban J connectivity index is 1.52. The summed E-state index contributed by atoms with van der Waals surface area (Å²) in [6.07, 6.45) is -0.149. The molecule has 0 radical (unpaired) electrons. The molecule has 5 unspecified atom stereocenters. The standard InChI is InChI=1S/C12H14F2O10S2/c13-12(14,26(19,20)21)4-23-8(15)3-22-11(16)9-5-1-6-7(2-5)25(17,18)24-10(6)9/h5-7,9-10H,1-4H2,(H,19,20,21). The predicted molar refractivity (Wildman–Crippen MR) is 75.7 cm³/mol. The molecule has 10 nitrogen and oxygen atoms in total. The summed E-state index contributed by atoms with van der Waals surface area (Å²) in [7, 11) is -9.49. The fourth-order valence-corrected chi connectivity index (χ4v) is 5.87. The number of alkyl halides is 2. The van der Waals surface area contributed by atoms with Gasteiger partial charge in [0, 0.05) is 5.92 Å². The molecular weight excluding hydrogens is 406 g/mol. The third-order valence-electron chi connectivity index (χ3n) is 4.87. The van der Waals surface area contributed by atoms with Gasteiger partial charge in [0.15, 0.2) is 13.2 Å². The van der Waals surface area contributed by atoms with Gasteiger partial charge in [0.25, 0.3) is 10.1 Å². The van der Waals surface area contributed by atoms with Crippen molar-refractivity contribution in [1.29, 1.82) is 0 Å². The van der Waals surface area contributed by atoms with E-state index in [-0.39, 0.29) is 18.3 Å². The molecule has 1 saturated heterocycles. The van der Waals surface area contributed by atoms with Crippen molar-refractivity contribution in [3.05, 3.63) is 0 Å². The van der Waals surface area contributed by atoms with Crippen molar-refractivity contribution in [3.8, 4) is 0 Å². The van der Waals surface area contributed by atoms with Gasteiger partial charge >= 0.3 is 27.3 Å². The number of hydrogen-bond acceptors (Lipinski definition) is 9. The van der Waals surface area contributed by atoms with Crippen molar-refractivity contribution in [2.24, 2.45) is 17.8 Å². The van der Waals surface area contributed by atoms with E-state index < -0.39 is 67.9 Å².